The van der Waals surface area contributed by atoms with Crippen LogP contribution in [0.2, 0.25) is 10.0 Å². The molecule has 2 atom stereocenters. The first-order valence-electron chi connectivity index (χ1n) is 6.52. The van der Waals surface area contributed by atoms with Crippen LogP contribution in [0.15, 0.2) is 42.5 Å². The summed E-state index contributed by atoms with van der Waals surface area (Å²) in [6.45, 7) is 1.89. The minimum Gasteiger partial charge on any atom is -0.496 e. The Morgan fingerprint density at radius 1 is 1.05 bits per heavy atom. The molecule has 2 unspecified atom stereocenters. The molecule has 112 valence electrons. The van der Waals surface area contributed by atoms with E-state index in [1.54, 1.807) is 37.4 Å². The third-order valence-corrected chi connectivity index (χ3v) is 3.64. The zero-order valence-corrected chi connectivity index (χ0v) is 13.4. The average molecular weight is 326 g/mol. The molecular weight excluding hydrogens is 309 g/mol. The number of ether oxygens (including phenoxy) is 2. The zero-order valence-electron chi connectivity index (χ0n) is 11.8. The van der Waals surface area contributed by atoms with Crippen LogP contribution in [0.5, 0.6) is 11.5 Å². The minimum atomic E-state index is -0.377. The number of benzene rings is 2. The van der Waals surface area contributed by atoms with Gasteiger partial charge in [0.15, 0.2) is 0 Å². The molecule has 0 saturated heterocycles. The van der Waals surface area contributed by atoms with E-state index in [2.05, 4.69) is 0 Å². The van der Waals surface area contributed by atoms with Gasteiger partial charge in [0.1, 0.15) is 17.6 Å². The van der Waals surface area contributed by atoms with Gasteiger partial charge in [-0.05, 0) is 43.3 Å². The second-order valence-corrected chi connectivity index (χ2v) is 5.57. The quantitative estimate of drug-likeness (QED) is 0.882. The second-order valence-electron chi connectivity index (χ2n) is 4.69. The van der Waals surface area contributed by atoms with Crippen molar-refractivity contribution < 1.29 is 9.47 Å². The molecule has 2 aromatic rings. The Balaban J connectivity index is 2.19. The van der Waals surface area contributed by atoms with E-state index in [4.69, 9.17) is 38.4 Å². The fourth-order valence-electron chi connectivity index (χ4n) is 2.05. The van der Waals surface area contributed by atoms with E-state index in [0.717, 1.165) is 5.56 Å². The van der Waals surface area contributed by atoms with Crippen molar-refractivity contribution in [1.29, 1.82) is 0 Å². The van der Waals surface area contributed by atoms with Gasteiger partial charge < -0.3 is 15.2 Å². The van der Waals surface area contributed by atoms with Crippen LogP contribution in [-0.4, -0.2) is 13.2 Å². The maximum absolute atomic E-state index is 6.27. The highest BCUT2D eigenvalue weighted by Gasteiger charge is 2.20. The normalized spacial score (nSPS) is 13.6. The van der Waals surface area contributed by atoms with Crippen LogP contribution >= 0.6 is 23.2 Å². The summed E-state index contributed by atoms with van der Waals surface area (Å²) in [5, 5.41) is 1.23. The first-order valence-corrected chi connectivity index (χ1v) is 7.28. The number of rotatable bonds is 5. The van der Waals surface area contributed by atoms with E-state index in [9.17, 15) is 0 Å². The zero-order chi connectivity index (χ0) is 15.4. The first kappa shape index (κ1) is 16.0. The molecule has 0 fully saturated rings. The van der Waals surface area contributed by atoms with Gasteiger partial charge >= 0.3 is 0 Å². The lowest BCUT2D eigenvalue weighted by Crippen LogP contribution is -2.29. The van der Waals surface area contributed by atoms with Crippen molar-refractivity contribution in [2.75, 3.05) is 7.11 Å². The van der Waals surface area contributed by atoms with Crippen molar-refractivity contribution in [3.63, 3.8) is 0 Å². The Bertz CT molecular complexity index is 619. The Labute approximate surface area is 134 Å². The van der Waals surface area contributed by atoms with Crippen LogP contribution in [0.25, 0.3) is 0 Å². The molecule has 5 heteroatoms. The molecule has 0 bridgehead atoms. The summed E-state index contributed by atoms with van der Waals surface area (Å²) in [6, 6.07) is 12.2. The highest BCUT2D eigenvalue weighted by molar-refractivity contribution is 6.31. The van der Waals surface area contributed by atoms with Crippen LogP contribution in [-0.2, 0) is 0 Å². The molecule has 0 aliphatic carbocycles. The standard InChI is InChI=1S/C16H17Cl2NO2/c1-10(21-13-5-3-4-11(17)8-13)16(19)14-9-12(18)6-7-15(14)20-2/h3-10,16H,19H2,1-2H3. The van der Waals surface area contributed by atoms with E-state index in [0.29, 0.717) is 21.5 Å². The van der Waals surface area contributed by atoms with Crippen molar-refractivity contribution in [3.05, 3.63) is 58.1 Å². The number of methoxy groups -OCH3 is 1. The van der Waals surface area contributed by atoms with Crippen LogP contribution in [0.1, 0.15) is 18.5 Å². The summed E-state index contributed by atoms with van der Waals surface area (Å²) in [7, 11) is 1.60. The first-order chi connectivity index (χ1) is 10.0. The summed E-state index contributed by atoms with van der Waals surface area (Å²) in [5.41, 5.74) is 7.08. The molecular formula is C16H17Cl2NO2. The molecule has 0 amide bonds. The summed E-state index contributed by atoms with van der Waals surface area (Å²) in [5.74, 6) is 1.36. The Kier molecular flexibility index (Phi) is 5.34. The molecule has 2 aromatic carbocycles. The highest BCUT2D eigenvalue weighted by atomic mass is 35.5. The largest absolute Gasteiger partial charge is 0.496 e. The smallest absolute Gasteiger partial charge is 0.123 e. The maximum Gasteiger partial charge on any atom is 0.123 e. The number of hydrogen-bond acceptors (Lipinski definition) is 3. The molecule has 21 heavy (non-hydrogen) atoms. The average Bonchev–Trinajstić information content (AvgIpc) is 2.46. The van der Waals surface area contributed by atoms with Crippen molar-refractivity contribution in [2.24, 2.45) is 5.73 Å². The van der Waals surface area contributed by atoms with Gasteiger partial charge in [-0.2, -0.15) is 0 Å². The molecule has 0 saturated carbocycles. The highest BCUT2D eigenvalue weighted by Crippen LogP contribution is 2.30. The molecule has 3 nitrogen and oxygen atoms in total. The van der Waals surface area contributed by atoms with Crippen molar-refractivity contribution in [2.45, 2.75) is 19.1 Å². The molecule has 0 spiro atoms. The molecule has 0 radical (unpaired) electrons. The van der Waals surface area contributed by atoms with Gasteiger partial charge in [-0.3, -0.25) is 0 Å². The van der Waals surface area contributed by atoms with Crippen molar-refractivity contribution in [3.8, 4) is 11.5 Å². The molecule has 0 aliphatic heterocycles. The third-order valence-electron chi connectivity index (χ3n) is 3.17. The second kappa shape index (κ2) is 7.03. The van der Waals surface area contributed by atoms with E-state index in [-0.39, 0.29) is 12.1 Å². The maximum atomic E-state index is 6.27. The van der Waals surface area contributed by atoms with Gasteiger partial charge in [-0.1, -0.05) is 29.3 Å². The van der Waals surface area contributed by atoms with E-state index in [1.165, 1.54) is 0 Å². The monoisotopic (exact) mass is 325 g/mol. The molecule has 0 heterocycles. The van der Waals surface area contributed by atoms with Crippen LogP contribution in [0, 0.1) is 0 Å². The summed E-state index contributed by atoms with van der Waals surface area (Å²) >= 11 is 12.0. The number of hydrogen-bond donors (Lipinski definition) is 1. The molecule has 2 N–H and O–H groups in total. The Hall–Kier alpha value is -1.42. The van der Waals surface area contributed by atoms with Crippen LogP contribution < -0.4 is 15.2 Å². The van der Waals surface area contributed by atoms with Crippen molar-refractivity contribution in [1.82, 2.24) is 0 Å². The minimum absolute atomic E-state index is 0.268. The number of halogens is 2. The lowest BCUT2D eigenvalue weighted by Gasteiger charge is -2.23. The lowest BCUT2D eigenvalue weighted by atomic mass is 10.0. The third kappa shape index (κ3) is 4.03. The summed E-state index contributed by atoms with van der Waals surface area (Å²) in [6.07, 6.45) is -0.268. The van der Waals surface area contributed by atoms with E-state index in [1.807, 2.05) is 19.1 Å². The molecule has 0 aliphatic rings. The fraction of sp³-hybridized carbons (Fsp3) is 0.250. The van der Waals surface area contributed by atoms with Gasteiger partial charge in [0.2, 0.25) is 0 Å². The SMILES string of the molecule is COc1ccc(Cl)cc1C(N)C(C)Oc1cccc(Cl)c1. The fourth-order valence-corrected chi connectivity index (χ4v) is 2.41. The Morgan fingerprint density at radius 3 is 2.43 bits per heavy atom. The van der Waals surface area contributed by atoms with Gasteiger partial charge in [-0.25, -0.2) is 0 Å². The topological polar surface area (TPSA) is 44.5 Å². The summed E-state index contributed by atoms with van der Waals surface area (Å²) in [4.78, 5) is 0. The van der Waals surface area contributed by atoms with E-state index >= 15 is 0 Å². The predicted octanol–water partition coefficient (Wildman–Crippen LogP) is 4.47. The summed E-state index contributed by atoms with van der Waals surface area (Å²) < 4.78 is 11.2. The lowest BCUT2D eigenvalue weighted by molar-refractivity contribution is 0.188. The van der Waals surface area contributed by atoms with Gasteiger partial charge in [0.05, 0.1) is 13.2 Å². The number of nitrogens with two attached hydrogens (primary N) is 1. The van der Waals surface area contributed by atoms with Crippen molar-refractivity contribution >= 4 is 23.2 Å². The van der Waals surface area contributed by atoms with Crippen LogP contribution in [0.4, 0.5) is 0 Å². The Morgan fingerprint density at radius 2 is 1.76 bits per heavy atom. The van der Waals surface area contributed by atoms with Crippen LogP contribution in [0.3, 0.4) is 0 Å². The predicted molar refractivity (Wildman–Crippen MR) is 86.5 cm³/mol. The van der Waals surface area contributed by atoms with Gasteiger partial charge in [0.25, 0.3) is 0 Å². The van der Waals surface area contributed by atoms with Gasteiger partial charge in [-0.15, -0.1) is 0 Å². The molecule has 0 aromatic heterocycles. The van der Waals surface area contributed by atoms with E-state index < -0.39 is 0 Å². The molecule has 2 rings (SSSR count). The van der Waals surface area contributed by atoms with Gasteiger partial charge in [0, 0.05) is 15.6 Å².